The number of Topliss-reactive ketones (excluding diaryl/α,β-unsaturated/α-hetero) is 2. The van der Waals surface area contributed by atoms with Crippen molar-refractivity contribution in [3.63, 3.8) is 0 Å². The summed E-state index contributed by atoms with van der Waals surface area (Å²) in [5, 5.41) is 2.86. The van der Waals surface area contributed by atoms with Crippen LogP contribution in [0.5, 0.6) is 11.5 Å². The molecule has 16 nitrogen and oxygen atoms in total. The maximum Gasteiger partial charge on any atom is 0.270 e. The predicted octanol–water partition coefficient (Wildman–Crippen LogP) is 4.43. The van der Waals surface area contributed by atoms with Crippen molar-refractivity contribution >= 4 is 41.8 Å². The molecule has 0 saturated carbocycles. The predicted molar refractivity (Wildman–Crippen MR) is 231 cm³/mol. The summed E-state index contributed by atoms with van der Waals surface area (Å²) in [5.74, 6) is -0.531. The van der Waals surface area contributed by atoms with Crippen LogP contribution in [0.25, 0.3) is 6.08 Å². The minimum Gasteiger partial charge on any atom is -0.495 e. The number of pyridine rings is 1. The first-order chi connectivity index (χ1) is 29.9. The summed E-state index contributed by atoms with van der Waals surface area (Å²) in [6, 6.07) is 13.0. The molecule has 1 aromatic heterocycles. The Balaban J connectivity index is 1.22. The summed E-state index contributed by atoms with van der Waals surface area (Å²) < 4.78 is 33.3. The van der Waals surface area contributed by atoms with Gasteiger partial charge < -0.3 is 38.6 Å². The van der Waals surface area contributed by atoms with Crippen LogP contribution in [0.1, 0.15) is 76.2 Å². The fourth-order valence-electron chi connectivity index (χ4n) is 5.99. The van der Waals surface area contributed by atoms with Crippen LogP contribution in [0.2, 0.25) is 0 Å². The number of carbonyl (C=O) groups is 6. The van der Waals surface area contributed by atoms with E-state index in [4.69, 9.17) is 28.4 Å². The number of hydrogen-bond acceptors (Lipinski definition) is 13. The second-order valence-electron chi connectivity index (χ2n) is 14.2. The molecule has 0 aliphatic rings. The van der Waals surface area contributed by atoms with E-state index in [1.165, 1.54) is 26.3 Å². The van der Waals surface area contributed by atoms with E-state index in [0.717, 1.165) is 16.0 Å². The Morgan fingerprint density at radius 1 is 0.871 bits per heavy atom. The molecule has 0 radical (unpaired) electrons. The van der Waals surface area contributed by atoms with Crippen molar-refractivity contribution < 1.29 is 57.2 Å². The molecule has 62 heavy (non-hydrogen) atoms. The van der Waals surface area contributed by atoms with Gasteiger partial charge in [-0.05, 0) is 55.2 Å². The van der Waals surface area contributed by atoms with Crippen LogP contribution in [-0.2, 0) is 51.1 Å². The second-order valence-corrected chi connectivity index (χ2v) is 14.2. The SMILES string of the molecule is C=Cc1cc(C(=O)NCc2cccc(CC(=O)N(C)CCOCCOCCOCCOCCOc3ccc(C)c(C(=O)N(C=O)C(CCC(=O)CC)C(C)=O)c3)c2)ncc1OC. The van der Waals surface area contributed by atoms with Crippen LogP contribution < -0.4 is 14.8 Å². The number of aryl methyl sites for hydroxylation is 1. The number of methoxy groups -OCH3 is 1. The van der Waals surface area contributed by atoms with Gasteiger partial charge in [0.15, 0.2) is 5.78 Å². The van der Waals surface area contributed by atoms with Crippen LogP contribution in [0.3, 0.4) is 0 Å². The van der Waals surface area contributed by atoms with Gasteiger partial charge in [-0.15, -0.1) is 0 Å². The lowest BCUT2D eigenvalue weighted by Gasteiger charge is -2.25. The summed E-state index contributed by atoms with van der Waals surface area (Å²) in [6.45, 7) is 12.2. The van der Waals surface area contributed by atoms with E-state index in [1.54, 1.807) is 50.1 Å². The highest BCUT2D eigenvalue weighted by molar-refractivity contribution is 6.04. The molecule has 0 fully saturated rings. The van der Waals surface area contributed by atoms with E-state index in [-0.39, 0.29) is 73.7 Å². The first kappa shape index (κ1) is 50.5. The van der Waals surface area contributed by atoms with Crippen molar-refractivity contribution in [3.8, 4) is 11.5 Å². The average Bonchev–Trinajstić information content (AvgIpc) is 3.27. The largest absolute Gasteiger partial charge is 0.495 e. The number of aromatic nitrogens is 1. The molecule has 1 atom stereocenters. The molecule has 1 N–H and O–H groups in total. The van der Waals surface area contributed by atoms with Crippen LogP contribution in [0.4, 0.5) is 0 Å². The molecule has 3 rings (SSSR count). The van der Waals surface area contributed by atoms with Gasteiger partial charge in [-0.25, -0.2) is 4.98 Å². The third-order valence-electron chi connectivity index (χ3n) is 9.66. The number of ketones is 2. The lowest BCUT2D eigenvalue weighted by Crippen LogP contribution is -2.44. The topological polar surface area (TPSA) is 189 Å². The van der Waals surface area contributed by atoms with Gasteiger partial charge in [-0.1, -0.05) is 49.9 Å². The Hall–Kier alpha value is -5.81. The summed E-state index contributed by atoms with van der Waals surface area (Å²) in [7, 11) is 3.25. The van der Waals surface area contributed by atoms with Gasteiger partial charge in [0.1, 0.15) is 29.6 Å². The normalized spacial score (nSPS) is 11.3. The fraction of sp³-hybridized carbons (Fsp3) is 0.457. The summed E-state index contributed by atoms with van der Waals surface area (Å²) in [6.07, 6.45) is 4.11. The standard InChI is InChI=1S/C46H60N4O12/c1-7-37-28-41(47-31-43(37)57-6)45(55)48-30-36-11-9-10-35(26-36)27-44(54)49(5)16-17-58-18-19-59-20-21-60-22-23-61-24-25-62-39-14-12-33(3)40(29-39)46(56)50(32-51)42(34(4)52)15-13-38(53)8-2/h7,9-12,14,26,28-29,31-32,42H,1,8,13,15-25,27,30H2,2-6H3,(H,48,55). The van der Waals surface area contributed by atoms with E-state index < -0.39 is 11.9 Å². The van der Waals surface area contributed by atoms with Crippen molar-refractivity contribution in [1.82, 2.24) is 20.1 Å². The van der Waals surface area contributed by atoms with Gasteiger partial charge in [0.2, 0.25) is 12.3 Å². The van der Waals surface area contributed by atoms with Crippen molar-refractivity contribution in [3.05, 3.63) is 94.8 Å². The number of imide groups is 1. The number of nitrogens with one attached hydrogen (secondary N) is 1. The van der Waals surface area contributed by atoms with Crippen LogP contribution >= 0.6 is 0 Å². The lowest BCUT2D eigenvalue weighted by molar-refractivity contribution is -0.130. The minimum atomic E-state index is -1.03. The van der Waals surface area contributed by atoms with E-state index in [2.05, 4.69) is 16.9 Å². The number of ether oxygens (including phenoxy) is 6. The third-order valence-corrected chi connectivity index (χ3v) is 9.66. The Labute approximate surface area is 363 Å². The van der Waals surface area contributed by atoms with Gasteiger partial charge in [-0.3, -0.25) is 33.7 Å². The van der Waals surface area contributed by atoms with E-state index in [1.807, 2.05) is 24.3 Å². The molecule has 2 aromatic carbocycles. The van der Waals surface area contributed by atoms with Gasteiger partial charge >= 0.3 is 0 Å². The number of hydrogen-bond donors (Lipinski definition) is 1. The maximum absolute atomic E-state index is 13.3. The molecule has 0 spiro atoms. The molecule has 1 heterocycles. The Kier molecular flexibility index (Phi) is 22.8. The number of amides is 4. The first-order valence-corrected chi connectivity index (χ1v) is 20.5. The van der Waals surface area contributed by atoms with Gasteiger partial charge in [0.05, 0.1) is 78.6 Å². The van der Waals surface area contributed by atoms with Crippen LogP contribution in [0, 0.1) is 6.92 Å². The zero-order valence-corrected chi connectivity index (χ0v) is 36.5. The molecule has 0 aliphatic carbocycles. The quantitative estimate of drug-likeness (QED) is 0.0708. The highest BCUT2D eigenvalue weighted by atomic mass is 16.6. The van der Waals surface area contributed by atoms with Crippen molar-refractivity contribution in [2.24, 2.45) is 0 Å². The lowest BCUT2D eigenvalue weighted by atomic mass is 10.0. The third kappa shape index (κ3) is 17.3. The van der Waals surface area contributed by atoms with Crippen molar-refractivity contribution in [1.29, 1.82) is 0 Å². The molecule has 1 unspecified atom stereocenters. The number of benzene rings is 2. The Morgan fingerprint density at radius 3 is 2.13 bits per heavy atom. The molecule has 0 saturated heterocycles. The van der Waals surface area contributed by atoms with E-state index in [9.17, 15) is 28.8 Å². The molecule has 0 bridgehead atoms. The molecular weight excluding hydrogens is 801 g/mol. The number of carbonyl (C=O) groups excluding carboxylic acids is 6. The van der Waals surface area contributed by atoms with Gasteiger partial charge in [0, 0.05) is 44.1 Å². The van der Waals surface area contributed by atoms with Crippen LogP contribution in [-0.4, -0.2) is 137 Å². The minimum absolute atomic E-state index is 0.0532. The summed E-state index contributed by atoms with van der Waals surface area (Å²) >= 11 is 0. The summed E-state index contributed by atoms with van der Waals surface area (Å²) in [4.78, 5) is 81.5. The smallest absolute Gasteiger partial charge is 0.270 e. The molecule has 0 aliphatic heterocycles. The Bertz CT molecular complexity index is 1950. The van der Waals surface area contributed by atoms with E-state index >= 15 is 0 Å². The number of likely N-dealkylation sites (N-methyl/N-ethyl adjacent to an activating group) is 1. The average molecular weight is 861 g/mol. The van der Waals surface area contributed by atoms with Crippen molar-refractivity contribution in [2.45, 2.75) is 59.0 Å². The van der Waals surface area contributed by atoms with E-state index in [0.29, 0.717) is 88.2 Å². The monoisotopic (exact) mass is 860 g/mol. The van der Waals surface area contributed by atoms with Crippen LogP contribution in [0.15, 0.2) is 61.3 Å². The van der Waals surface area contributed by atoms with Gasteiger partial charge in [-0.2, -0.15) is 0 Å². The zero-order chi connectivity index (χ0) is 45.3. The second kappa shape index (κ2) is 27.9. The fourth-order valence-corrected chi connectivity index (χ4v) is 5.99. The van der Waals surface area contributed by atoms with Gasteiger partial charge in [0.25, 0.3) is 11.8 Å². The Morgan fingerprint density at radius 2 is 1.52 bits per heavy atom. The molecule has 16 heteroatoms. The molecular formula is C46H60N4O12. The maximum atomic E-state index is 13.3. The first-order valence-electron chi connectivity index (χ1n) is 20.5. The molecule has 3 aromatic rings. The number of rotatable bonds is 31. The summed E-state index contributed by atoms with van der Waals surface area (Å²) in [5.41, 5.74) is 3.42. The molecule has 336 valence electrons. The number of nitrogens with zero attached hydrogens (tertiary/aromatic N) is 3. The molecule has 4 amide bonds. The van der Waals surface area contributed by atoms with Crippen molar-refractivity contribution in [2.75, 3.05) is 80.2 Å². The highest BCUT2D eigenvalue weighted by Crippen LogP contribution is 2.22. The highest BCUT2D eigenvalue weighted by Gasteiger charge is 2.29. The zero-order valence-electron chi connectivity index (χ0n) is 36.5.